The van der Waals surface area contributed by atoms with E-state index >= 15 is 0 Å². The van der Waals surface area contributed by atoms with Crippen LogP contribution in [0.5, 0.6) is 23.0 Å². The van der Waals surface area contributed by atoms with Gasteiger partial charge in [-0.05, 0) is 60.4 Å². The number of aryl methyl sites for hydroxylation is 1. The van der Waals surface area contributed by atoms with Crippen LogP contribution >= 0.6 is 0 Å². The summed E-state index contributed by atoms with van der Waals surface area (Å²) in [5.74, 6) is 1.99. The summed E-state index contributed by atoms with van der Waals surface area (Å²) in [4.78, 5) is 27.8. The van der Waals surface area contributed by atoms with Gasteiger partial charge >= 0.3 is 5.97 Å². The fourth-order valence-electron chi connectivity index (χ4n) is 4.93. The molecule has 1 aromatic heterocycles. The Labute approximate surface area is 263 Å². The zero-order valence-electron chi connectivity index (χ0n) is 25.6. The number of para-hydroxylation sites is 1. The first-order valence-corrected chi connectivity index (χ1v) is 15.1. The molecule has 1 atom stereocenters. The highest BCUT2D eigenvalue weighted by molar-refractivity contribution is 5.86. The number of rotatable bonds is 15. The van der Waals surface area contributed by atoms with E-state index in [0.717, 1.165) is 48.3 Å². The molecular weight excluding hydrogens is 568 g/mol. The standard InChI is InChI=1S/C37H38N2O6/c1-3-30-22-37(35-19-18-34(23-36(35)38-30)45-44-27(2)40)43-33-16-14-28(15-17-33)20-21-39(24-29-10-6-4-7-11-29)25-31(41)26-42-32-12-8-5-9-13-32/h4-19,22-23,31,41H,3,20-21,24-26H2,1-2H3/t31-/m0/s1. The quantitative estimate of drug-likeness (QED) is 0.101. The Balaban J connectivity index is 1.23. The first kappa shape index (κ1) is 31.5. The molecule has 45 heavy (non-hydrogen) atoms. The Bertz CT molecular complexity index is 1660. The number of nitrogens with zero attached hydrogens (tertiary/aromatic N) is 2. The van der Waals surface area contributed by atoms with Crippen LogP contribution in [0.2, 0.25) is 0 Å². The maximum Gasteiger partial charge on any atom is 0.352 e. The second-order valence-electron chi connectivity index (χ2n) is 10.8. The lowest BCUT2D eigenvalue weighted by molar-refractivity contribution is -0.210. The third-order valence-corrected chi connectivity index (χ3v) is 7.19. The third-order valence-electron chi connectivity index (χ3n) is 7.19. The Hall–Kier alpha value is -4.92. The number of carbonyl (C=O) groups is 1. The van der Waals surface area contributed by atoms with Gasteiger partial charge in [0.2, 0.25) is 0 Å². The molecular formula is C37H38N2O6. The van der Waals surface area contributed by atoms with Crippen molar-refractivity contribution in [3.8, 4) is 23.0 Å². The van der Waals surface area contributed by atoms with E-state index in [2.05, 4.69) is 39.0 Å². The van der Waals surface area contributed by atoms with Crippen molar-refractivity contribution >= 4 is 16.9 Å². The number of hydrogen-bond acceptors (Lipinski definition) is 8. The summed E-state index contributed by atoms with van der Waals surface area (Å²) < 4.78 is 12.1. The van der Waals surface area contributed by atoms with E-state index < -0.39 is 12.1 Å². The first-order valence-electron chi connectivity index (χ1n) is 15.1. The number of aliphatic hydroxyl groups is 1. The Morgan fingerprint density at radius 1 is 0.844 bits per heavy atom. The predicted molar refractivity (Wildman–Crippen MR) is 173 cm³/mol. The molecule has 8 heteroatoms. The molecule has 1 N–H and O–H groups in total. The lowest BCUT2D eigenvalue weighted by Crippen LogP contribution is -2.36. The van der Waals surface area contributed by atoms with Crippen LogP contribution in [-0.2, 0) is 29.1 Å². The van der Waals surface area contributed by atoms with Crippen LogP contribution in [0.15, 0.2) is 109 Å². The highest BCUT2D eigenvalue weighted by Crippen LogP contribution is 2.32. The van der Waals surface area contributed by atoms with Crippen LogP contribution in [0.4, 0.5) is 0 Å². The van der Waals surface area contributed by atoms with E-state index in [-0.39, 0.29) is 6.61 Å². The number of ether oxygens (including phenoxy) is 2. The van der Waals surface area contributed by atoms with Gasteiger partial charge in [0, 0.05) is 49.8 Å². The van der Waals surface area contributed by atoms with Gasteiger partial charge in [0.05, 0.1) is 5.52 Å². The normalized spacial score (nSPS) is 11.7. The molecule has 0 spiro atoms. The topological polar surface area (TPSA) is 90.4 Å². The molecule has 5 aromatic rings. The zero-order chi connectivity index (χ0) is 31.4. The molecule has 0 bridgehead atoms. The monoisotopic (exact) mass is 606 g/mol. The van der Waals surface area contributed by atoms with Crippen molar-refractivity contribution in [2.75, 3.05) is 19.7 Å². The van der Waals surface area contributed by atoms with Crippen molar-refractivity contribution in [1.82, 2.24) is 9.88 Å². The van der Waals surface area contributed by atoms with E-state index in [4.69, 9.17) is 14.4 Å². The predicted octanol–water partition coefficient (Wildman–Crippen LogP) is 6.93. The molecule has 0 aliphatic heterocycles. The van der Waals surface area contributed by atoms with Gasteiger partial charge < -0.3 is 14.6 Å². The largest absolute Gasteiger partial charge is 0.491 e. The number of carbonyl (C=O) groups excluding carboxylic acids is 1. The van der Waals surface area contributed by atoms with Gasteiger partial charge in [0.15, 0.2) is 5.75 Å². The molecule has 1 heterocycles. The number of pyridine rings is 1. The van der Waals surface area contributed by atoms with Gasteiger partial charge in [-0.15, -0.1) is 0 Å². The Morgan fingerprint density at radius 2 is 1.56 bits per heavy atom. The Morgan fingerprint density at radius 3 is 2.27 bits per heavy atom. The summed E-state index contributed by atoms with van der Waals surface area (Å²) in [5.41, 5.74) is 3.91. The number of aromatic nitrogens is 1. The molecule has 0 radical (unpaired) electrons. The van der Waals surface area contributed by atoms with Crippen LogP contribution in [0.3, 0.4) is 0 Å². The van der Waals surface area contributed by atoms with Crippen molar-refractivity contribution in [3.63, 3.8) is 0 Å². The molecule has 4 aromatic carbocycles. The van der Waals surface area contributed by atoms with Crippen molar-refractivity contribution in [1.29, 1.82) is 0 Å². The average molecular weight is 607 g/mol. The number of aliphatic hydroxyl groups excluding tert-OH is 1. The summed E-state index contributed by atoms with van der Waals surface area (Å²) in [7, 11) is 0. The van der Waals surface area contributed by atoms with Crippen LogP contribution in [-0.4, -0.2) is 46.8 Å². The fourth-order valence-corrected chi connectivity index (χ4v) is 4.93. The van der Waals surface area contributed by atoms with Crippen molar-refractivity contribution < 1.29 is 29.1 Å². The van der Waals surface area contributed by atoms with Crippen molar-refractivity contribution in [2.24, 2.45) is 0 Å². The second-order valence-corrected chi connectivity index (χ2v) is 10.8. The van der Waals surface area contributed by atoms with Crippen LogP contribution in [0.25, 0.3) is 10.9 Å². The van der Waals surface area contributed by atoms with Crippen molar-refractivity contribution in [2.45, 2.75) is 39.3 Å². The van der Waals surface area contributed by atoms with Crippen LogP contribution in [0.1, 0.15) is 30.7 Å². The SMILES string of the molecule is CCc1cc(Oc2ccc(CCN(Cc3ccccc3)C[C@H](O)COc3ccccc3)cc2)c2ccc(OOC(C)=O)cc2n1. The highest BCUT2D eigenvalue weighted by Gasteiger charge is 2.15. The summed E-state index contributed by atoms with van der Waals surface area (Å²) in [6.45, 7) is 5.52. The van der Waals surface area contributed by atoms with Gasteiger partial charge in [-0.25, -0.2) is 4.79 Å². The Kier molecular flexibility index (Phi) is 11.0. The minimum absolute atomic E-state index is 0.227. The summed E-state index contributed by atoms with van der Waals surface area (Å²) in [5, 5.41) is 11.6. The van der Waals surface area contributed by atoms with Gasteiger partial charge in [-0.3, -0.25) is 19.7 Å². The molecule has 0 saturated carbocycles. The summed E-state index contributed by atoms with van der Waals surface area (Å²) >= 11 is 0. The van der Waals surface area contributed by atoms with Crippen LogP contribution < -0.4 is 14.4 Å². The number of fused-ring (bicyclic) bond motifs is 1. The van der Waals surface area contributed by atoms with E-state index in [0.29, 0.717) is 29.3 Å². The second kappa shape index (κ2) is 15.7. The molecule has 5 rings (SSSR count). The first-order chi connectivity index (χ1) is 21.9. The summed E-state index contributed by atoms with van der Waals surface area (Å²) in [6.07, 6.45) is 0.910. The van der Waals surface area contributed by atoms with E-state index in [9.17, 15) is 9.90 Å². The van der Waals surface area contributed by atoms with Gasteiger partial charge in [-0.2, -0.15) is 0 Å². The van der Waals surface area contributed by atoms with Gasteiger partial charge in [0.1, 0.15) is 30.0 Å². The molecule has 0 fully saturated rings. The molecule has 0 aliphatic carbocycles. The zero-order valence-corrected chi connectivity index (χ0v) is 25.6. The maximum atomic E-state index is 11.1. The molecule has 232 valence electrons. The molecule has 0 saturated heterocycles. The third kappa shape index (κ3) is 9.53. The fraction of sp³-hybridized carbons (Fsp3) is 0.243. The average Bonchev–Trinajstić information content (AvgIpc) is 3.06. The van der Waals surface area contributed by atoms with E-state index in [1.54, 1.807) is 12.1 Å². The van der Waals surface area contributed by atoms with E-state index in [1.165, 1.54) is 12.5 Å². The lowest BCUT2D eigenvalue weighted by Gasteiger charge is -2.25. The number of benzene rings is 4. The van der Waals surface area contributed by atoms with E-state index in [1.807, 2.05) is 79.7 Å². The highest BCUT2D eigenvalue weighted by atomic mass is 17.2. The smallest absolute Gasteiger partial charge is 0.352 e. The summed E-state index contributed by atoms with van der Waals surface area (Å²) in [6, 6.07) is 35.1. The van der Waals surface area contributed by atoms with Gasteiger partial charge in [0.25, 0.3) is 0 Å². The van der Waals surface area contributed by atoms with Crippen molar-refractivity contribution in [3.05, 3.63) is 126 Å². The molecule has 8 nitrogen and oxygen atoms in total. The molecule has 0 amide bonds. The molecule has 0 aliphatic rings. The van der Waals surface area contributed by atoms with Gasteiger partial charge in [-0.1, -0.05) is 67.6 Å². The maximum absolute atomic E-state index is 11.1. The minimum atomic E-state index is -0.628. The van der Waals surface area contributed by atoms with Crippen LogP contribution in [0, 0.1) is 0 Å². The molecule has 0 unspecified atom stereocenters. The number of hydrogen-bond donors (Lipinski definition) is 1. The lowest BCUT2D eigenvalue weighted by atomic mass is 10.1. The minimum Gasteiger partial charge on any atom is -0.491 e.